The largest absolute Gasteiger partial charge is 0.456 e. The van der Waals surface area contributed by atoms with Gasteiger partial charge in [-0.05, 0) is 63.7 Å². The zero-order chi connectivity index (χ0) is 32.8. The van der Waals surface area contributed by atoms with Gasteiger partial charge in [-0.2, -0.15) is 0 Å². The van der Waals surface area contributed by atoms with Crippen LogP contribution in [0.25, 0.3) is 110 Å². The molecule has 0 N–H and O–H groups in total. The number of hydrogen-bond acceptors (Lipinski definition) is 4. The Hall–Kier alpha value is -6.78. The first kappa shape index (κ1) is 27.2. The fraction of sp³-hybridized carbons (Fsp3) is 0. The highest BCUT2D eigenvalue weighted by Crippen LogP contribution is 2.43. The molecule has 4 nitrogen and oxygen atoms in total. The summed E-state index contributed by atoms with van der Waals surface area (Å²) >= 11 is 0. The number of fused-ring (bicyclic) bond motifs is 11. The smallest absolute Gasteiger partial charge is 0.161 e. The molecule has 0 aliphatic carbocycles. The van der Waals surface area contributed by atoms with Crippen molar-refractivity contribution in [3.05, 3.63) is 158 Å². The summed E-state index contributed by atoms with van der Waals surface area (Å²) in [6.07, 6.45) is 0. The average Bonchev–Trinajstić information content (AvgIpc) is 3.76. The van der Waals surface area contributed by atoms with E-state index in [-0.39, 0.29) is 0 Å². The molecule has 11 rings (SSSR count). The van der Waals surface area contributed by atoms with Crippen LogP contribution in [0.2, 0.25) is 0 Å². The van der Waals surface area contributed by atoms with E-state index in [4.69, 9.17) is 18.8 Å². The van der Waals surface area contributed by atoms with Gasteiger partial charge in [-0.25, -0.2) is 9.97 Å². The van der Waals surface area contributed by atoms with Crippen LogP contribution < -0.4 is 0 Å². The van der Waals surface area contributed by atoms with Gasteiger partial charge in [0.05, 0.1) is 11.2 Å². The van der Waals surface area contributed by atoms with Crippen molar-refractivity contribution in [2.75, 3.05) is 0 Å². The molecule has 0 aliphatic rings. The van der Waals surface area contributed by atoms with Crippen molar-refractivity contribution in [1.29, 1.82) is 0 Å². The number of benzene rings is 8. The van der Waals surface area contributed by atoms with Gasteiger partial charge in [0.25, 0.3) is 0 Å². The average molecular weight is 639 g/mol. The molecule has 0 saturated heterocycles. The molecule has 11 aromatic rings. The van der Waals surface area contributed by atoms with Gasteiger partial charge < -0.3 is 8.83 Å². The van der Waals surface area contributed by atoms with Crippen LogP contribution in [0.15, 0.2) is 167 Å². The van der Waals surface area contributed by atoms with E-state index in [1.165, 1.54) is 16.3 Å². The van der Waals surface area contributed by atoms with E-state index in [1.54, 1.807) is 0 Å². The van der Waals surface area contributed by atoms with Crippen molar-refractivity contribution >= 4 is 76.3 Å². The predicted octanol–water partition coefficient (Wildman–Crippen LogP) is 12.7. The van der Waals surface area contributed by atoms with Gasteiger partial charge >= 0.3 is 0 Å². The van der Waals surface area contributed by atoms with Crippen LogP contribution in [0.5, 0.6) is 0 Å². The standard InChI is InChI=1S/C46H26N2O2/c1-2-11-27(12-3-1)36-26-37-43-35(18-10-20-39(43)50-45(37)32-16-7-6-15-31(32)36)46-47-38-19-9-8-17-33(38)44(48-46)29-21-23-34-41(25-29)49-40-24-22-28-13-4-5-14-30(28)42(34)40/h1-26H. The van der Waals surface area contributed by atoms with Gasteiger partial charge in [0.2, 0.25) is 0 Å². The maximum absolute atomic E-state index is 6.66. The van der Waals surface area contributed by atoms with Gasteiger partial charge in [-0.3, -0.25) is 0 Å². The van der Waals surface area contributed by atoms with E-state index < -0.39 is 0 Å². The minimum Gasteiger partial charge on any atom is -0.456 e. The van der Waals surface area contributed by atoms with Crippen LogP contribution in [0.3, 0.4) is 0 Å². The van der Waals surface area contributed by atoms with Gasteiger partial charge in [0, 0.05) is 43.4 Å². The Morgan fingerprint density at radius 3 is 2.04 bits per heavy atom. The number of para-hydroxylation sites is 1. The van der Waals surface area contributed by atoms with Crippen molar-refractivity contribution in [2.24, 2.45) is 0 Å². The monoisotopic (exact) mass is 638 g/mol. The summed E-state index contributed by atoms with van der Waals surface area (Å²) in [6, 6.07) is 54.8. The molecule has 3 heterocycles. The molecule has 0 amide bonds. The fourth-order valence-corrected chi connectivity index (χ4v) is 7.80. The quantitative estimate of drug-likeness (QED) is 0.193. The van der Waals surface area contributed by atoms with E-state index in [9.17, 15) is 0 Å². The van der Waals surface area contributed by atoms with E-state index in [2.05, 4.69) is 133 Å². The van der Waals surface area contributed by atoms with E-state index in [1.807, 2.05) is 24.3 Å². The minimum absolute atomic E-state index is 0.650. The predicted molar refractivity (Wildman–Crippen MR) is 205 cm³/mol. The van der Waals surface area contributed by atoms with Crippen LogP contribution in [0.1, 0.15) is 0 Å². The van der Waals surface area contributed by atoms with Crippen molar-refractivity contribution in [2.45, 2.75) is 0 Å². The third-order valence-electron chi connectivity index (χ3n) is 10.1. The maximum atomic E-state index is 6.66. The Morgan fingerprint density at radius 2 is 1.14 bits per heavy atom. The Bertz CT molecular complexity index is 3150. The highest BCUT2D eigenvalue weighted by Gasteiger charge is 2.21. The summed E-state index contributed by atoms with van der Waals surface area (Å²) in [5, 5.41) is 9.89. The summed E-state index contributed by atoms with van der Waals surface area (Å²) in [5.74, 6) is 0.650. The molecule has 3 aromatic heterocycles. The fourth-order valence-electron chi connectivity index (χ4n) is 7.80. The van der Waals surface area contributed by atoms with E-state index >= 15 is 0 Å². The lowest BCUT2D eigenvalue weighted by atomic mass is 9.94. The molecule has 0 fully saturated rings. The molecule has 0 radical (unpaired) electrons. The van der Waals surface area contributed by atoms with Crippen LogP contribution in [0.4, 0.5) is 0 Å². The summed E-state index contributed by atoms with van der Waals surface area (Å²) in [5.41, 5.74) is 9.36. The normalized spacial score (nSPS) is 12.0. The summed E-state index contributed by atoms with van der Waals surface area (Å²) in [4.78, 5) is 10.5. The second-order valence-electron chi connectivity index (χ2n) is 12.9. The molecular formula is C46H26N2O2. The molecule has 0 bridgehead atoms. The molecule has 0 aliphatic heterocycles. The molecule has 0 atom stereocenters. The van der Waals surface area contributed by atoms with Crippen molar-refractivity contribution < 1.29 is 8.83 Å². The molecule has 0 saturated carbocycles. The Labute approximate surface area is 285 Å². The molecule has 50 heavy (non-hydrogen) atoms. The van der Waals surface area contributed by atoms with Crippen LogP contribution in [-0.2, 0) is 0 Å². The molecule has 232 valence electrons. The van der Waals surface area contributed by atoms with Crippen molar-refractivity contribution in [3.8, 4) is 33.8 Å². The molecule has 4 heteroatoms. The Morgan fingerprint density at radius 1 is 0.380 bits per heavy atom. The minimum atomic E-state index is 0.650. The van der Waals surface area contributed by atoms with E-state index in [0.717, 1.165) is 87.9 Å². The molecular weight excluding hydrogens is 613 g/mol. The van der Waals surface area contributed by atoms with Crippen LogP contribution in [-0.4, -0.2) is 9.97 Å². The Kier molecular flexibility index (Phi) is 5.63. The number of aromatic nitrogens is 2. The number of rotatable bonds is 3. The summed E-state index contributed by atoms with van der Waals surface area (Å²) < 4.78 is 13.1. The SMILES string of the molecule is c1ccc(-c2cc3c(oc4cccc(-c5nc(-c6ccc7c(c6)oc6ccc8ccccc8c67)c6ccccc6n5)c43)c3ccccc23)cc1. The highest BCUT2D eigenvalue weighted by atomic mass is 16.3. The van der Waals surface area contributed by atoms with Crippen molar-refractivity contribution in [3.63, 3.8) is 0 Å². The van der Waals surface area contributed by atoms with Gasteiger partial charge in [0.1, 0.15) is 22.3 Å². The lowest BCUT2D eigenvalue weighted by Gasteiger charge is -2.11. The topological polar surface area (TPSA) is 52.1 Å². The maximum Gasteiger partial charge on any atom is 0.161 e. The second-order valence-corrected chi connectivity index (χ2v) is 12.9. The zero-order valence-electron chi connectivity index (χ0n) is 26.7. The Balaban J connectivity index is 1.17. The number of furan rings is 2. The first-order valence-corrected chi connectivity index (χ1v) is 16.8. The van der Waals surface area contributed by atoms with Crippen LogP contribution in [0, 0.1) is 0 Å². The summed E-state index contributed by atoms with van der Waals surface area (Å²) in [6.45, 7) is 0. The molecule has 0 unspecified atom stereocenters. The van der Waals surface area contributed by atoms with Crippen molar-refractivity contribution in [1.82, 2.24) is 9.97 Å². The number of nitrogens with zero attached hydrogens (tertiary/aromatic N) is 2. The van der Waals surface area contributed by atoms with Gasteiger partial charge in [-0.1, -0.05) is 121 Å². The van der Waals surface area contributed by atoms with Crippen LogP contribution >= 0.6 is 0 Å². The zero-order valence-corrected chi connectivity index (χ0v) is 26.7. The second kappa shape index (κ2) is 10.4. The third-order valence-corrected chi connectivity index (χ3v) is 10.1. The third kappa shape index (κ3) is 3.93. The summed E-state index contributed by atoms with van der Waals surface area (Å²) in [7, 11) is 0. The molecule has 8 aromatic carbocycles. The first-order valence-electron chi connectivity index (χ1n) is 16.8. The lowest BCUT2D eigenvalue weighted by Crippen LogP contribution is -1.95. The van der Waals surface area contributed by atoms with Gasteiger partial charge in [-0.15, -0.1) is 0 Å². The lowest BCUT2D eigenvalue weighted by molar-refractivity contribution is 0.669. The first-order chi connectivity index (χ1) is 24.8. The molecule has 0 spiro atoms. The highest BCUT2D eigenvalue weighted by molar-refractivity contribution is 6.22. The van der Waals surface area contributed by atoms with Gasteiger partial charge in [0.15, 0.2) is 5.82 Å². The number of hydrogen-bond donors (Lipinski definition) is 0. The van der Waals surface area contributed by atoms with E-state index in [0.29, 0.717) is 5.82 Å².